The summed E-state index contributed by atoms with van der Waals surface area (Å²) in [4.78, 5) is 13.6. The van der Waals surface area contributed by atoms with E-state index < -0.39 is 0 Å². The molecular formula is C16H19NO3. The molecule has 1 saturated heterocycles. The van der Waals surface area contributed by atoms with Crippen LogP contribution in [0, 0.1) is 18.3 Å². The van der Waals surface area contributed by atoms with Crippen LogP contribution in [-0.2, 0) is 11.2 Å². The Morgan fingerprint density at radius 3 is 2.45 bits per heavy atom. The quantitative estimate of drug-likeness (QED) is 0.767. The molecule has 0 saturated carbocycles. The molecule has 1 aromatic rings. The first-order chi connectivity index (χ1) is 9.66. The van der Waals surface area contributed by atoms with E-state index in [1.807, 2.05) is 23.1 Å². The summed E-state index contributed by atoms with van der Waals surface area (Å²) < 4.78 is 10.5. The van der Waals surface area contributed by atoms with E-state index in [0.29, 0.717) is 19.5 Å². The van der Waals surface area contributed by atoms with Crippen LogP contribution >= 0.6 is 0 Å². The molecule has 2 rings (SSSR count). The first kappa shape index (κ1) is 14.3. The van der Waals surface area contributed by atoms with Crippen molar-refractivity contribution in [2.24, 2.45) is 5.92 Å². The lowest BCUT2D eigenvalue weighted by atomic mass is 10.1. The summed E-state index contributed by atoms with van der Waals surface area (Å²) in [6.07, 6.45) is 6.61. The van der Waals surface area contributed by atoms with Gasteiger partial charge in [-0.2, -0.15) is 0 Å². The molecule has 4 heteroatoms. The second kappa shape index (κ2) is 6.33. The zero-order valence-electron chi connectivity index (χ0n) is 11.9. The lowest BCUT2D eigenvalue weighted by molar-refractivity contribution is -0.127. The molecule has 1 aliphatic heterocycles. The van der Waals surface area contributed by atoms with Crippen LogP contribution < -0.4 is 9.47 Å². The number of hydrogen-bond donors (Lipinski definition) is 0. The number of benzene rings is 1. The molecular weight excluding hydrogens is 254 g/mol. The van der Waals surface area contributed by atoms with Crippen LogP contribution in [0.1, 0.15) is 12.0 Å². The number of amides is 1. The van der Waals surface area contributed by atoms with Crippen LogP contribution in [0.3, 0.4) is 0 Å². The fourth-order valence-corrected chi connectivity index (χ4v) is 2.37. The molecule has 0 aliphatic carbocycles. The number of rotatable bonds is 5. The zero-order valence-corrected chi connectivity index (χ0v) is 11.9. The van der Waals surface area contributed by atoms with Gasteiger partial charge in [-0.3, -0.25) is 4.79 Å². The third-order valence-electron chi connectivity index (χ3n) is 3.53. The van der Waals surface area contributed by atoms with Gasteiger partial charge in [-0.05, 0) is 24.1 Å². The predicted molar refractivity (Wildman–Crippen MR) is 76.8 cm³/mol. The summed E-state index contributed by atoms with van der Waals surface area (Å²) >= 11 is 0. The van der Waals surface area contributed by atoms with Gasteiger partial charge in [0.2, 0.25) is 5.91 Å². The summed E-state index contributed by atoms with van der Waals surface area (Å²) in [6, 6.07) is 5.75. The Morgan fingerprint density at radius 1 is 1.30 bits per heavy atom. The van der Waals surface area contributed by atoms with Gasteiger partial charge in [0.25, 0.3) is 0 Å². The molecule has 20 heavy (non-hydrogen) atoms. The Balaban J connectivity index is 2.00. The van der Waals surface area contributed by atoms with Gasteiger partial charge in [0, 0.05) is 31.5 Å². The van der Waals surface area contributed by atoms with Gasteiger partial charge < -0.3 is 14.4 Å². The number of hydrogen-bond acceptors (Lipinski definition) is 3. The highest BCUT2D eigenvalue weighted by atomic mass is 16.5. The van der Waals surface area contributed by atoms with Crippen molar-refractivity contribution in [3.63, 3.8) is 0 Å². The number of likely N-dealkylation sites (tertiary alicyclic amines) is 1. The molecule has 106 valence electrons. The third-order valence-corrected chi connectivity index (χ3v) is 3.53. The van der Waals surface area contributed by atoms with Crippen LogP contribution in [0.4, 0.5) is 0 Å². The summed E-state index contributed by atoms with van der Waals surface area (Å²) in [5.41, 5.74) is 1.08. The van der Waals surface area contributed by atoms with Crippen molar-refractivity contribution in [1.82, 2.24) is 4.90 Å². The van der Waals surface area contributed by atoms with E-state index in [1.165, 1.54) is 0 Å². The maximum Gasteiger partial charge on any atom is 0.223 e. The van der Waals surface area contributed by atoms with Gasteiger partial charge >= 0.3 is 0 Å². The lowest BCUT2D eigenvalue weighted by Crippen LogP contribution is -2.27. The topological polar surface area (TPSA) is 38.8 Å². The second-order valence-electron chi connectivity index (χ2n) is 4.88. The van der Waals surface area contributed by atoms with Gasteiger partial charge in [-0.25, -0.2) is 0 Å². The molecule has 0 spiro atoms. The van der Waals surface area contributed by atoms with Gasteiger partial charge in [0.1, 0.15) is 11.5 Å². The van der Waals surface area contributed by atoms with Crippen molar-refractivity contribution in [1.29, 1.82) is 0 Å². The Bertz CT molecular complexity index is 511. The minimum atomic E-state index is 0.0577. The highest BCUT2D eigenvalue weighted by Gasteiger charge is 2.27. The number of carbonyl (C=O) groups excluding carboxylic acids is 1. The van der Waals surface area contributed by atoms with Gasteiger partial charge in [-0.15, -0.1) is 12.3 Å². The van der Waals surface area contributed by atoms with Crippen LogP contribution in [0.25, 0.3) is 0 Å². The molecule has 0 bridgehead atoms. The van der Waals surface area contributed by atoms with Crippen molar-refractivity contribution < 1.29 is 14.3 Å². The number of nitrogens with zero attached hydrogens (tertiary/aromatic N) is 1. The van der Waals surface area contributed by atoms with Crippen molar-refractivity contribution in [3.05, 3.63) is 23.8 Å². The number of terminal acetylenes is 1. The molecule has 1 unspecified atom stereocenters. The smallest absolute Gasteiger partial charge is 0.223 e. The normalized spacial score (nSPS) is 17.9. The SMILES string of the molecule is C#CC1CC(=O)N(CCc2cc(OC)cc(OC)c2)C1. The Kier molecular flexibility index (Phi) is 4.52. The highest BCUT2D eigenvalue weighted by molar-refractivity contribution is 5.79. The summed E-state index contributed by atoms with van der Waals surface area (Å²) in [5, 5.41) is 0. The molecule has 0 aromatic heterocycles. The second-order valence-corrected chi connectivity index (χ2v) is 4.88. The molecule has 1 fully saturated rings. The fraction of sp³-hybridized carbons (Fsp3) is 0.438. The highest BCUT2D eigenvalue weighted by Crippen LogP contribution is 2.24. The van der Waals surface area contributed by atoms with E-state index in [-0.39, 0.29) is 11.8 Å². The molecule has 1 aromatic carbocycles. The average Bonchev–Trinajstić information content (AvgIpc) is 2.85. The molecule has 1 amide bonds. The predicted octanol–water partition coefficient (Wildman–Crippen LogP) is 1.73. The number of carbonyl (C=O) groups is 1. The molecule has 1 atom stereocenters. The van der Waals surface area contributed by atoms with E-state index in [1.54, 1.807) is 14.2 Å². The van der Waals surface area contributed by atoms with E-state index in [2.05, 4.69) is 5.92 Å². The van der Waals surface area contributed by atoms with E-state index in [0.717, 1.165) is 23.5 Å². The monoisotopic (exact) mass is 273 g/mol. The Hall–Kier alpha value is -2.15. The standard InChI is InChI=1S/C16H19NO3/c1-4-12-9-16(18)17(11-12)6-5-13-7-14(19-2)10-15(8-13)20-3/h1,7-8,10,12H,5-6,9,11H2,2-3H3. The summed E-state index contributed by atoms with van der Waals surface area (Å²) in [6.45, 7) is 1.34. The molecule has 0 N–H and O–H groups in total. The summed E-state index contributed by atoms with van der Waals surface area (Å²) in [5.74, 6) is 4.37. The molecule has 1 heterocycles. The summed E-state index contributed by atoms with van der Waals surface area (Å²) in [7, 11) is 3.25. The Labute approximate surface area is 119 Å². The number of ether oxygens (including phenoxy) is 2. The molecule has 1 aliphatic rings. The van der Waals surface area contributed by atoms with Gasteiger partial charge in [-0.1, -0.05) is 0 Å². The minimum absolute atomic E-state index is 0.0577. The molecule has 4 nitrogen and oxygen atoms in total. The minimum Gasteiger partial charge on any atom is -0.497 e. The number of methoxy groups -OCH3 is 2. The van der Waals surface area contributed by atoms with Crippen molar-refractivity contribution in [2.75, 3.05) is 27.3 Å². The maximum atomic E-state index is 11.8. The lowest BCUT2D eigenvalue weighted by Gasteiger charge is -2.16. The fourth-order valence-electron chi connectivity index (χ4n) is 2.37. The van der Waals surface area contributed by atoms with E-state index >= 15 is 0 Å². The first-order valence-corrected chi connectivity index (χ1v) is 6.62. The van der Waals surface area contributed by atoms with Gasteiger partial charge in [0.05, 0.1) is 14.2 Å². The van der Waals surface area contributed by atoms with E-state index in [9.17, 15) is 4.79 Å². The van der Waals surface area contributed by atoms with Gasteiger partial charge in [0.15, 0.2) is 0 Å². The average molecular weight is 273 g/mol. The maximum absolute atomic E-state index is 11.8. The van der Waals surface area contributed by atoms with Crippen LogP contribution in [0.15, 0.2) is 18.2 Å². The van der Waals surface area contributed by atoms with Crippen molar-refractivity contribution in [2.45, 2.75) is 12.8 Å². The van der Waals surface area contributed by atoms with Crippen LogP contribution in [0.2, 0.25) is 0 Å². The third kappa shape index (κ3) is 3.24. The van der Waals surface area contributed by atoms with Crippen molar-refractivity contribution >= 4 is 5.91 Å². The van der Waals surface area contributed by atoms with Crippen LogP contribution in [-0.4, -0.2) is 38.1 Å². The molecule has 0 radical (unpaired) electrons. The van der Waals surface area contributed by atoms with Crippen LogP contribution in [0.5, 0.6) is 11.5 Å². The Morgan fingerprint density at radius 2 is 1.95 bits per heavy atom. The largest absolute Gasteiger partial charge is 0.497 e. The zero-order chi connectivity index (χ0) is 14.5. The first-order valence-electron chi connectivity index (χ1n) is 6.62. The van der Waals surface area contributed by atoms with Crippen molar-refractivity contribution in [3.8, 4) is 23.8 Å². The van der Waals surface area contributed by atoms with E-state index in [4.69, 9.17) is 15.9 Å².